The molecule has 6 rings (SSSR count). The van der Waals surface area contributed by atoms with Crippen LogP contribution in [0.15, 0.2) is 53.5 Å². The van der Waals surface area contributed by atoms with Crippen molar-refractivity contribution in [2.75, 3.05) is 48.3 Å². The Bertz CT molecular complexity index is 1580. The van der Waals surface area contributed by atoms with Gasteiger partial charge in [-0.2, -0.15) is 5.10 Å². The lowest BCUT2D eigenvalue weighted by Gasteiger charge is -2.35. The molecule has 4 heterocycles. The Morgan fingerprint density at radius 3 is 2.63 bits per heavy atom. The Balaban J connectivity index is 1.17. The molecule has 3 aromatic heterocycles. The molecule has 0 bridgehead atoms. The van der Waals surface area contributed by atoms with Crippen LogP contribution in [0.1, 0.15) is 45.4 Å². The first-order valence-corrected chi connectivity index (χ1v) is 15.1. The van der Waals surface area contributed by atoms with Crippen molar-refractivity contribution < 1.29 is 4.79 Å². The second-order valence-electron chi connectivity index (χ2n) is 10.6. The van der Waals surface area contributed by atoms with E-state index in [2.05, 4.69) is 42.5 Å². The number of nitrogens with zero attached hydrogens (tertiary/aromatic N) is 4. The number of fused-ring (bicyclic) bond motifs is 1. The van der Waals surface area contributed by atoms with E-state index in [0.29, 0.717) is 17.2 Å². The number of rotatable bonds is 7. The van der Waals surface area contributed by atoms with Crippen LogP contribution in [-0.4, -0.2) is 58.7 Å². The lowest BCUT2D eigenvalue weighted by molar-refractivity contribution is 0.103. The van der Waals surface area contributed by atoms with Crippen LogP contribution < -0.4 is 21.1 Å². The molecule has 1 aliphatic carbocycles. The van der Waals surface area contributed by atoms with E-state index >= 15 is 0 Å². The molecule has 0 saturated carbocycles. The number of H-pyrrole nitrogens is 1. The number of carbonyl (C=O) groups excluding carboxylic acids is 1. The summed E-state index contributed by atoms with van der Waals surface area (Å²) >= 11 is 1.60. The largest absolute Gasteiger partial charge is 0.368 e. The standard InChI is InChI=1S/C31H35N7O2S/c1-3-37-13-15-38(16-14-37)22-11-12-29(32-19-22)33-26-18-25(35-36-30(26)39)23-8-6-9-24(20(23)2)34-31(40)28-17-21-7-4-5-10-27(21)41-28/h6,8-9,11-12,17-19H,3-5,7,10,13-16H2,1-2H3,(H,34,40)(H,36,39)(H,32,33,35). The van der Waals surface area contributed by atoms with Gasteiger partial charge in [-0.15, -0.1) is 11.3 Å². The van der Waals surface area contributed by atoms with Crippen LogP contribution >= 0.6 is 11.3 Å². The molecular formula is C31H35N7O2S. The van der Waals surface area contributed by atoms with Crippen LogP contribution in [0.3, 0.4) is 0 Å². The fourth-order valence-corrected chi connectivity index (χ4v) is 6.73. The zero-order valence-electron chi connectivity index (χ0n) is 23.5. The Morgan fingerprint density at radius 1 is 1.05 bits per heavy atom. The molecule has 4 aromatic rings. The highest BCUT2D eigenvalue weighted by Crippen LogP contribution is 2.32. The van der Waals surface area contributed by atoms with Crippen LogP contribution in [-0.2, 0) is 12.8 Å². The fraction of sp³-hybridized carbons (Fsp3) is 0.355. The van der Waals surface area contributed by atoms with Crippen LogP contribution in [0, 0.1) is 6.92 Å². The molecule has 2 aliphatic rings. The molecule has 0 atom stereocenters. The van der Waals surface area contributed by atoms with Gasteiger partial charge < -0.3 is 20.4 Å². The maximum Gasteiger partial charge on any atom is 0.287 e. The summed E-state index contributed by atoms with van der Waals surface area (Å²) < 4.78 is 0. The van der Waals surface area contributed by atoms with Gasteiger partial charge in [0.15, 0.2) is 0 Å². The third-order valence-corrected chi connectivity index (χ3v) is 9.31. The predicted octanol–water partition coefficient (Wildman–Crippen LogP) is 5.22. The minimum absolute atomic E-state index is 0.0943. The van der Waals surface area contributed by atoms with Gasteiger partial charge in [0.05, 0.1) is 22.5 Å². The molecule has 9 nitrogen and oxygen atoms in total. The summed E-state index contributed by atoms with van der Waals surface area (Å²) in [5.41, 5.74) is 5.42. The molecule has 1 aromatic carbocycles. The van der Waals surface area contributed by atoms with Gasteiger partial charge in [0.1, 0.15) is 11.5 Å². The molecule has 1 saturated heterocycles. The smallest absolute Gasteiger partial charge is 0.287 e. The third-order valence-electron chi connectivity index (χ3n) is 8.08. The topological polar surface area (TPSA) is 106 Å². The highest BCUT2D eigenvalue weighted by Gasteiger charge is 2.19. The number of pyridine rings is 1. The van der Waals surface area contributed by atoms with E-state index in [-0.39, 0.29) is 11.5 Å². The minimum Gasteiger partial charge on any atom is -0.368 e. The lowest BCUT2D eigenvalue weighted by Crippen LogP contribution is -2.46. The molecule has 41 heavy (non-hydrogen) atoms. The van der Waals surface area contributed by atoms with E-state index in [1.54, 1.807) is 17.4 Å². The van der Waals surface area contributed by atoms with Gasteiger partial charge in [-0.05, 0) is 80.6 Å². The Morgan fingerprint density at radius 2 is 1.88 bits per heavy atom. The minimum atomic E-state index is -0.334. The predicted molar refractivity (Wildman–Crippen MR) is 166 cm³/mol. The van der Waals surface area contributed by atoms with Crippen LogP contribution in [0.4, 0.5) is 22.9 Å². The zero-order chi connectivity index (χ0) is 28.3. The Hall–Kier alpha value is -4.02. The molecular weight excluding hydrogens is 534 g/mol. The molecule has 1 fully saturated rings. The number of aromatic amines is 1. The number of benzene rings is 1. The average Bonchev–Trinajstić information content (AvgIpc) is 3.45. The van der Waals surface area contributed by atoms with Crippen molar-refractivity contribution in [3.05, 3.63) is 79.9 Å². The van der Waals surface area contributed by atoms with E-state index in [1.807, 2.05) is 49.5 Å². The first-order valence-electron chi connectivity index (χ1n) is 14.3. The van der Waals surface area contributed by atoms with Crippen LogP contribution in [0.2, 0.25) is 0 Å². The molecule has 10 heteroatoms. The lowest BCUT2D eigenvalue weighted by atomic mass is 9.99. The molecule has 1 aliphatic heterocycles. The van der Waals surface area contributed by atoms with Gasteiger partial charge in [0, 0.05) is 42.3 Å². The van der Waals surface area contributed by atoms with Crippen LogP contribution in [0.5, 0.6) is 0 Å². The first-order chi connectivity index (χ1) is 20.0. The molecule has 3 N–H and O–H groups in total. The molecule has 0 spiro atoms. The summed E-state index contributed by atoms with van der Waals surface area (Å²) in [6.45, 7) is 9.26. The summed E-state index contributed by atoms with van der Waals surface area (Å²) in [5, 5.41) is 13.1. The number of nitrogens with one attached hydrogen (secondary N) is 3. The third kappa shape index (κ3) is 5.89. The number of hydrogen-bond acceptors (Lipinski definition) is 8. The van der Waals surface area contributed by atoms with Crippen molar-refractivity contribution in [2.24, 2.45) is 0 Å². The molecule has 1 amide bonds. The highest BCUT2D eigenvalue weighted by molar-refractivity contribution is 7.14. The average molecular weight is 570 g/mol. The van der Waals surface area contributed by atoms with Crippen molar-refractivity contribution in [1.82, 2.24) is 20.1 Å². The van der Waals surface area contributed by atoms with E-state index in [1.165, 1.54) is 23.3 Å². The Kier molecular flexibility index (Phi) is 7.84. The van der Waals surface area contributed by atoms with Gasteiger partial charge in [0.25, 0.3) is 11.5 Å². The van der Waals surface area contributed by atoms with Crippen molar-refractivity contribution in [3.8, 4) is 11.3 Å². The monoisotopic (exact) mass is 569 g/mol. The highest BCUT2D eigenvalue weighted by atomic mass is 32.1. The summed E-state index contributed by atoms with van der Waals surface area (Å²) in [6, 6.07) is 13.4. The number of thiophene rings is 1. The fourth-order valence-electron chi connectivity index (χ4n) is 5.58. The normalized spacial score (nSPS) is 15.4. The maximum absolute atomic E-state index is 13.1. The Labute approximate surface area is 243 Å². The van der Waals surface area contributed by atoms with Gasteiger partial charge in [-0.25, -0.2) is 10.1 Å². The number of amides is 1. The zero-order valence-corrected chi connectivity index (χ0v) is 24.3. The van der Waals surface area contributed by atoms with Gasteiger partial charge in [-0.3, -0.25) is 9.59 Å². The number of anilines is 4. The number of likely N-dealkylation sites (N-methyl/N-ethyl adjacent to an activating group) is 1. The SMILES string of the molecule is CCN1CCN(c2ccc(Nc3cc(-c4cccc(NC(=O)c5cc6c(s5)CCCC6)c4C)n[nH]c3=O)nc2)CC1. The van der Waals surface area contributed by atoms with Crippen molar-refractivity contribution in [3.63, 3.8) is 0 Å². The summed E-state index contributed by atoms with van der Waals surface area (Å²) in [7, 11) is 0. The van der Waals surface area contributed by atoms with E-state index in [0.717, 1.165) is 72.9 Å². The quantitative estimate of drug-likeness (QED) is 0.280. The second kappa shape index (κ2) is 11.8. The van der Waals surface area contributed by atoms with Crippen molar-refractivity contribution in [2.45, 2.75) is 39.5 Å². The second-order valence-corrected chi connectivity index (χ2v) is 11.8. The van der Waals surface area contributed by atoms with Gasteiger partial charge >= 0.3 is 0 Å². The van der Waals surface area contributed by atoms with E-state index < -0.39 is 0 Å². The van der Waals surface area contributed by atoms with Crippen LogP contribution in [0.25, 0.3) is 11.3 Å². The van der Waals surface area contributed by atoms with Crippen molar-refractivity contribution >= 4 is 40.1 Å². The summed E-state index contributed by atoms with van der Waals surface area (Å²) in [6.07, 6.45) is 6.34. The number of piperazine rings is 1. The molecule has 0 radical (unpaired) electrons. The number of aryl methyl sites for hydroxylation is 2. The maximum atomic E-state index is 13.1. The molecule has 0 unspecified atom stereocenters. The van der Waals surface area contributed by atoms with E-state index in [4.69, 9.17) is 0 Å². The molecule has 212 valence electrons. The van der Waals surface area contributed by atoms with Crippen molar-refractivity contribution in [1.29, 1.82) is 0 Å². The summed E-state index contributed by atoms with van der Waals surface area (Å²) in [5.74, 6) is 0.489. The summed E-state index contributed by atoms with van der Waals surface area (Å²) in [4.78, 5) is 37.2. The number of hydrogen-bond donors (Lipinski definition) is 3. The van der Waals surface area contributed by atoms with Gasteiger partial charge in [0.2, 0.25) is 0 Å². The number of aromatic nitrogens is 3. The van der Waals surface area contributed by atoms with Gasteiger partial charge in [-0.1, -0.05) is 19.1 Å². The number of carbonyl (C=O) groups is 1. The van der Waals surface area contributed by atoms with E-state index in [9.17, 15) is 9.59 Å². The first kappa shape index (κ1) is 27.2.